The van der Waals surface area contributed by atoms with Gasteiger partial charge in [-0.1, -0.05) is 29.8 Å². The molecule has 0 aromatic heterocycles. The molecule has 0 amide bonds. The third kappa shape index (κ3) is 5.12. The Bertz CT molecular complexity index is 534. The van der Waals surface area contributed by atoms with Gasteiger partial charge < -0.3 is 14.8 Å². The maximum atomic E-state index is 5.77. The van der Waals surface area contributed by atoms with Crippen molar-refractivity contribution in [3.8, 4) is 11.5 Å². The lowest BCUT2D eigenvalue weighted by Gasteiger charge is -2.15. The number of ether oxygens (including phenoxy) is 2. The van der Waals surface area contributed by atoms with Gasteiger partial charge in [-0.2, -0.15) is 0 Å². The van der Waals surface area contributed by atoms with Crippen LogP contribution in [0.4, 0.5) is 0 Å². The summed E-state index contributed by atoms with van der Waals surface area (Å²) in [5.74, 6) is 1.80. The van der Waals surface area contributed by atoms with Gasteiger partial charge in [0, 0.05) is 12.6 Å². The minimum atomic E-state index is 0.286. The fourth-order valence-electron chi connectivity index (χ4n) is 1.95. The van der Waals surface area contributed by atoms with Crippen molar-refractivity contribution in [1.82, 2.24) is 5.32 Å². The van der Waals surface area contributed by atoms with Crippen molar-refractivity contribution >= 4 is 0 Å². The summed E-state index contributed by atoms with van der Waals surface area (Å²) in [6.45, 7) is 5.67. The van der Waals surface area contributed by atoms with E-state index >= 15 is 0 Å². The molecule has 3 heteroatoms. The molecule has 1 atom stereocenters. The third-order valence-corrected chi connectivity index (χ3v) is 3.33. The van der Waals surface area contributed by atoms with Gasteiger partial charge >= 0.3 is 0 Å². The first-order chi connectivity index (χ1) is 10.2. The number of hydrogen-bond donors (Lipinski definition) is 1. The second-order valence-electron chi connectivity index (χ2n) is 5.25. The molecule has 0 bridgehead atoms. The van der Waals surface area contributed by atoms with Crippen LogP contribution in [0.25, 0.3) is 0 Å². The molecule has 0 aliphatic carbocycles. The van der Waals surface area contributed by atoms with Crippen LogP contribution in [0, 0.1) is 6.92 Å². The van der Waals surface area contributed by atoms with E-state index in [4.69, 9.17) is 9.47 Å². The Morgan fingerprint density at radius 1 is 0.952 bits per heavy atom. The SMILES string of the molecule is COc1ccc(CNC(C)COc2ccc(C)cc2)cc1. The van der Waals surface area contributed by atoms with Gasteiger partial charge in [-0.25, -0.2) is 0 Å². The normalized spacial score (nSPS) is 12.0. The molecule has 21 heavy (non-hydrogen) atoms. The molecule has 2 aromatic carbocycles. The van der Waals surface area contributed by atoms with Crippen LogP contribution < -0.4 is 14.8 Å². The van der Waals surface area contributed by atoms with Gasteiger partial charge in [0.2, 0.25) is 0 Å². The lowest BCUT2D eigenvalue weighted by molar-refractivity contribution is 0.272. The molecule has 2 rings (SSSR count). The quantitative estimate of drug-likeness (QED) is 0.843. The fraction of sp³-hybridized carbons (Fsp3) is 0.333. The lowest BCUT2D eigenvalue weighted by Crippen LogP contribution is -2.31. The fourth-order valence-corrected chi connectivity index (χ4v) is 1.95. The summed E-state index contributed by atoms with van der Waals surface area (Å²) in [5.41, 5.74) is 2.48. The monoisotopic (exact) mass is 285 g/mol. The molecule has 112 valence electrons. The first-order valence-corrected chi connectivity index (χ1v) is 7.23. The van der Waals surface area contributed by atoms with Crippen LogP contribution >= 0.6 is 0 Å². The Labute approximate surface area is 126 Å². The van der Waals surface area contributed by atoms with E-state index < -0.39 is 0 Å². The summed E-state index contributed by atoms with van der Waals surface area (Å²) in [6, 6.07) is 16.5. The lowest BCUT2D eigenvalue weighted by atomic mass is 10.2. The molecule has 0 aliphatic rings. The van der Waals surface area contributed by atoms with Crippen LogP contribution in [0.2, 0.25) is 0 Å². The maximum Gasteiger partial charge on any atom is 0.119 e. The zero-order valence-electron chi connectivity index (χ0n) is 12.9. The summed E-state index contributed by atoms with van der Waals surface area (Å²) in [6.07, 6.45) is 0. The van der Waals surface area contributed by atoms with Crippen LogP contribution in [-0.2, 0) is 6.54 Å². The zero-order valence-corrected chi connectivity index (χ0v) is 12.9. The van der Waals surface area contributed by atoms with Gasteiger partial charge in [0.15, 0.2) is 0 Å². The van der Waals surface area contributed by atoms with E-state index in [2.05, 4.69) is 43.4 Å². The summed E-state index contributed by atoms with van der Waals surface area (Å²) in [7, 11) is 1.68. The molecule has 1 unspecified atom stereocenters. The maximum absolute atomic E-state index is 5.77. The molecule has 0 fully saturated rings. The second-order valence-corrected chi connectivity index (χ2v) is 5.25. The van der Waals surface area contributed by atoms with Crippen molar-refractivity contribution in [2.24, 2.45) is 0 Å². The molecular formula is C18H23NO2. The Kier molecular flexibility index (Phi) is 5.64. The van der Waals surface area contributed by atoms with E-state index in [9.17, 15) is 0 Å². The highest BCUT2D eigenvalue weighted by Gasteiger charge is 2.03. The molecule has 0 saturated carbocycles. The largest absolute Gasteiger partial charge is 0.497 e. The highest BCUT2D eigenvalue weighted by molar-refractivity contribution is 5.27. The third-order valence-electron chi connectivity index (χ3n) is 3.33. The summed E-state index contributed by atoms with van der Waals surface area (Å²) in [4.78, 5) is 0. The van der Waals surface area contributed by atoms with Crippen LogP contribution in [0.3, 0.4) is 0 Å². The average Bonchev–Trinajstić information content (AvgIpc) is 2.53. The van der Waals surface area contributed by atoms with Crippen molar-refractivity contribution in [2.75, 3.05) is 13.7 Å². The van der Waals surface area contributed by atoms with Crippen molar-refractivity contribution in [3.05, 3.63) is 59.7 Å². The van der Waals surface area contributed by atoms with E-state index in [0.717, 1.165) is 18.0 Å². The van der Waals surface area contributed by atoms with E-state index in [1.165, 1.54) is 11.1 Å². The minimum Gasteiger partial charge on any atom is -0.497 e. The highest BCUT2D eigenvalue weighted by atomic mass is 16.5. The first kappa shape index (κ1) is 15.4. The van der Waals surface area contributed by atoms with E-state index in [1.54, 1.807) is 7.11 Å². The number of hydrogen-bond acceptors (Lipinski definition) is 3. The molecule has 0 radical (unpaired) electrons. The second kappa shape index (κ2) is 7.70. The minimum absolute atomic E-state index is 0.286. The smallest absolute Gasteiger partial charge is 0.119 e. The molecule has 0 aliphatic heterocycles. The van der Waals surface area contributed by atoms with E-state index in [0.29, 0.717) is 6.61 Å². The van der Waals surface area contributed by atoms with Crippen LogP contribution in [0.15, 0.2) is 48.5 Å². The molecular weight excluding hydrogens is 262 g/mol. The van der Waals surface area contributed by atoms with E-state index in [-0.39, 0.29) is 6.04 Å². The molecule has 0 saturated heterocycles. The number of benzene rings is 2. The van der Waals surface area contributed by atoms with Crippen molar-refractivity contribution in [1.29, 1.82) is 0 Å². The molecule has 0 spiro atoms. The van der Waals surface area contributed by atoms with Crippen molar-refractivity contribution in [3.63, 3.8) is 0 Å². The van der Waals surface area contributed by atoms with Gasteiger partial charge in [-0.15, -0.1) is 0 Å². The Balaban J connectivity index is 1.73. The Hall–Kier alpha value is -2.00. The molecule has 2 aromatic rings. The zero-order chi connectivity index (χ0) is 15.1. The number of aryl methyl sites for hydroxylation is 1. The Morgan fingerprint density at radius 3 is 2.19 bits per heavy atom. The molecule has 0 heterocycles. The highest BCUT2D eigenvalue weighted by Crippen LogP contribution is 2.12. The number of nitrogens with one attached hydrogen (secondary N) is 1. The van der Waals surface area contributed by atoms with Crippen LogP contribution in [0.1, 0.15) is 18.1 Å². The number of methoxy groups -OCH3 is 1. The van der Waals surface area contributed by atoms with Gasteiger partial charge in [0.1, 0.15) is 18.1 Å². The summed E-state index contributed by atoms with van der Waals surface area (Å²) in [5, 5.41) is 3.45. The van der Waals surface area contributed by atoms with Gasteiger partial charge in [0.05, 0.1) is 7.11 Å². The Morgan fingerprint density at radius 2 is 1.57 bits per heavy atom. The first-order valence-electron chi connectivity index (χ1n) is 7.23. The van der Waals surface area contributed by atoms with Crippen LogP contribution in [-0.4, -0.2) is 19.8 Å². The number of rotatable bonds is 7. The van der Waals surface area contributed by atoms with Crippen LogP contribution in [0.5, 0.6) is 11.5 Å². The van der Waals surface area contributed by atoms with Gasteiger partial charge in [-0.05, 0) is 43.7 Å². The topological polar surface area (TPSA) is 30.5 Å². The van der Waals surface area contributed by atoms with E-state index in [1.807, 2.05) is 24.3 Å². The van der Waals surface area contributed by atoms with Gasteiger partial charge in [0.25, 0.3) is 0 Å². The molecule has 3 nitrogen and oxygen atoms in total. The summed E-state index contributed by atoms with van der Waals surface area (Å²) >= 11 is 0. The molecule has 1 N–H and O–H groups in total. The predicted octanol–water partition coefficient (Wildman–Crippen LogP) is 3.56. The average molecular weight is 285 g/mol. The standard InChI is InChI=1S/C18H23NO2/c1-14-4-8-18(9-5-14)21-13-15(2)19-12-16-6-10-17(20-3)11-7-16/h4-11,15,19H,12-13H2,1-3H3. The van der Waals surface area contributed by atoms with Gasteiger partial charge in [-0.3, -0.25) is 0 Å². The van der Waals surface area contributed by atoms with Crippen molar-refractivity contribution < 1.29 is 9.47 Å². The predicted molar refractivity (Wildman–Crippen MR) is 86.0 cm³/mol. The van der Waals surface area contributed by atoms with Crippen molar-refractivity contribution in [2.45, 2.75) is 26.4 Å². The summed E-state index contributed by atoms with van der Waals surface area (Å²) < 4.78 is 10.9.